The van der Waals surface area contributed by atoms with Crippen LogP contribution in [0.15, 0.2) is 0 Å². The molecule has 0 aromatic carbocycles. The Kier molecular flexibility index (Phi) is 3.73. The number of carbonyl (C=O) groups is 1. The molecule has 0 bridgehead atoms. The molecule has 0 aliphatic carbocycles. The summed E-state index contributed by atoms with van der Waals surface area (Å²) < 4.78 is 0. The molecule has 1 rings (SSSR count). The van der Waals surface area contributed by atoms with Crippen molar-refractivity contribution >= 4 is 11.7 Å². The van der Waals surface area contributed by atoms with E-state index in [-0.39, 0.29) is 5.91 Å². The number of hydrogen-bond donors (Lipinski definition) is 2. The molecule has 4 nitrogen and oxygen atoms in total. The van der Waals surface area contributed by atoms with E-state index in [1.807, 2.05) is 11.8 Å². The van der Waals surface area contributed by atoms with Crippen molar-refractivity contribution in [3.63, 3.8) is 0 Å². The van der Waals surface area contributed by atoms with Crippen molar-refractivity contribution in [2.75, 3.05) is 19.6 Å². The predicted octanol–water partition coefficient (Wildman–Crippen LogP) is 0.586. The zero-order chi connectivity index (χ0) is 9.68. The highest BCUT2D eigenvalue weighted by Crippen LogP contribution is 2.01. The van der Waals surface area contributed by atoms with Crippen molar-refractivity contribution in [2.45, 2.75) is 26.2 Å². The molecule has 0 saturated carbocycles. The largest absolute Gasteiger partial charge is 0.354 e. The number of rotatable bonds is 2. The maximum Gasteiger partial charge on any atom is 0.239 e. The first-order valence-corrected chi connectivity index (χ1v) is 4.83. The van der Waals surface area contributed by atoms with Gasteiger partial charge in [-0.15, -0.1) is 0 Å². The fraction of sp³-hybridized carbons (Fsp3) is 0.778. The van der Waals surface area contributed by atoms with Gasteiger partial charge < -0.3 is 10.2 Å². The van der Waals surface area contributed by atoms with Crippen molar-refractivity contribution in [2.24, 2.45) is 0 Å². The Morgan fingerprint density at radius 3 is 3.15 bits per heavy atom. The lowest BCUT2D eigenvalue weighted by atomic mass is 10.2. The summed E-state index contributed by atoms with van der Waals surface area (Å²) in [6, 6.07) is 0. The van der Waals surface area contributed by atoms with Gasteiger partial charge in [0, 0.05) is 19.5 Å². The van der Waals surface area contributed by atoms with Crippen molar-refractivity contribution < 1.29 is 4.79 Å². The minimum absolute atomic E-state index is 0.0401. The molecule has 74 valence electrons. The molecule has 2 N–H and O–H groups in total. The molecular formula is C9H17N3O. The standard InChI is InChI=1S/C9H17N3O/c1-2-4-8(10)12-6-3-5-11-9(13)7-12/h10H,2-7H2,1H3,(H,11,13). The number of carbonyl (C=O) groups excluding carboxylic acids is 1. The summed E-state index contributed by atoms with van der Waals surface area (Å²) in [5.74, 6) is 0.637. The van der Waals surface area contributed by atoms with Gasteiger partial charge in [-0.3, -0.25) is 10.2 Å². The van der Waals surface area contributed by atoms with Gasteiger partial charge in [-0.2, -0.15) is 0 Å². The Morgan fingerprint density at radius 1 is 1.69 bits per heavy atom. The van der Waals surface area contributed by atoms with E-state index in [0.717, 1.165) is 32.4 Å². The Balaban J connectivity index is 2.47. The first kappa shape index (κ1) is 10.0. The predicted molar refractivity (Wildman–Crippen MR) is 51.8 cm³/mol. The topological polar surface area (TPSA) is 56.2 Å². The number of hydrogen-bond acceptors (Lipinski definition) is 2. The number of nitrogens with one attached hydrogen (secondary N) is 2. The normalized spacial score (nSPS) is 17.9. The van der Waals surface area contributed by atoms with Crippen LogP contribution in [0.3, 0.4) is 0 Å². The zero-order valence-electron chi connectivity index (χ0n) is 8.10. The summed E-state index contributed by atoms with van der Waals surface area (Å²) in [7, 11) is 0. The number of nitrogens with zero attached hydrogens (tertiary/aromatic N) is 1. The van der Waals surface area contributed by atoms with E-state index >= 15 is 0 Å². The van der Waals surface area contributed by atoms with E-state index < -0.39 is 0 Å². The maximum absolute atomic E-state index is 11.2. The van der Waals surface area contributed by atoms with E-state index in [1.165, 1.54) is 0 Å². The van der Waals surface area contributed by atoms with Crippen LogP contribution in [0.4, 0.5) is 0 Å². The Bertz CT molecular complexity index is 203. The fourth-order valence-electron chi connectivity index (χ4n) is 1.43. The molecule has 0 radical (unpaired) electrons. The van der Waals surface area contributed by atoms with E-state index in [4.69, 9.17) is 5.41 Å². The third-order valence-corrected chi connectivity index (χ3v) is 2.13. The van der Waals surface area contributed by atoms with Gasteiger partial charge in [-0.1, -0.05) is 6.92 Å². The van der Waals surface area contributed by atoms with Crippen molar-refractivity contribution in [3.05, 3.63) is 0 Å². The van der Waals surface area contributed by atoms with Crippen LogP contribution in [0.5, 0.6) is 0 Å². The highest BCUT2D eigenvalue weighted by molar-refractivity contribution is 5.86. The van der Waals surface area contributed by atoms with Gasteiger partial charge in [-0.25, -0.2) is 0 Å². The van der Waals surface area contributed by atoms with Crippen LogP contribution in [0.2, 0.25) is 0 Å². The molecular weight excluding hydrogens is 166 g/mol. The Labute approximate surface area is 78.8 Å². The Morgan fingerprint density at radius 2 is 2.46 bits per heavy atom. The first-order valence-electron chi connectivity index (χ1n) is 4.83. The molecule has 13 heavy (non-hydrogen) atoms. The highest BCUT2D eigenvalue weighted by Gasteiger charge is 2.15. The van der Waals surface area contributed by atoms with Crippen molar-refractivity contribution in [1.29, 1.82) is 5.41 Å². The summed E-state index contributed by atoms with van der Waals surface area (Å²) in [5.41, 5.74) is 0. The third kappa shape index (κ3) is 3.05. The van der Waals surface area contributed by atoms with Crippen LogP contribution in [0, 0.1) is 5.41 Å². The second-order valence-corrected chi connectivity index (χ2v) is 3.32. The summed E-state index contributed by atoms with van der Waals surface area (Å²) in [6.07, 6.45) is 2.68. The number of amidine groups is 1. The minimum Gasteiger partial charge on any atom is -0.354 e. The maximum atomic E-state index is 11.2. The molecule has 0 atom stereocenters. The minimum atomic E-state index is 0.0401. The molecule has 0 unspecified atom stereocenters. The second kappa shape index (κ2) is 4.84. The van der Waals surface area contributed by atoms with Gasteiger partial charge in [0.2, 0.25) is 5.91 Å². The molecule has 1 heterocycles. The van der Waals surface area contributed by atoms with Crippen LogP contribution in [-0.4, -0.2) is 36.3 Å². The van der Waals surface area contributed by atoms with E-state index in [0.29, 0.717) is 12.4 Å². The smallest absolute Gasteiger partial charge is 0.239 e. The van der Waals surface area contributed by atoms with Crippen LogP contribution in [0.25, 0.3) is 0 Å². The third-order valence-electron chi connectivity index (χ3n) is 2.13. The summed E-state index contributed by atoms with van der Waals surface area (Å²) in [6.45, 7) is 3.98. The summed E-state index contributed by atoms with van der Waals surface area (Å²) in [4.78, 5) is 13.0. The van der Waals surface area contributed by atoms with Crippen LogP contribution >= 0.6 is 0 Å². The fourth-order valence-corrected chi connectivity index (χ4v) is 1.43. The van der Waals surface area contributed by atoms with Crippen LogP contribution < -0.4 is 5.32 Å². The molecule has 1 aliphatic rings. The second-order valence-electron chi connectivity index (χ2n) is 3.32. The monoisotopic (exact) mass is 183 g/mol. The summed E-state index contributed by atoms with van der Waals surface area (Å²) >= 11 is 0. The summed E-state index contributed by atoms with van der Waals surface area (Å²) in [5, 5.41) is 10.5. The van der Waals surface area contributed by atoms with Gasteiger partial charge in [0.1, 0.15) is 0 Å². The SMILES string of the molecule is CCCC(=N)N1CCCNC(=O)C1. The van der Waals surface area contributed by atoms with Gasteiger partial charge in [0.25, 0.3) is 0 Å². The lowest BCUT2D eigenvalue weighted by Crippen LogP contribution is -2.36. The highest BCUT2D eigenvalue weighted by atomic mass is 16.2. The Hall–Kier alpha value is -1.06. The molecule has 1 aliphatic heterocycles. The van der Waals surface area contributed by atoms with E-state index in [2.05, 4.69) is 5.32 Å². The molecule has 1 saturated heterocycles. The lowest BCUT2D eigenvalue weighted by Gasteiger charge is -2.21. The van der Waals surface area contributed by atoms with Gasteiger partial charge in [0.15, 0.2) is 0 Å². The van der Waals surface area contributed by atoms with Crippen LogP contribution in [0.1, 0.15) is 26.2 Å². The van der Waals surface area contributed by atoms with Gasteiger partial charge in [0.05, 0.1) is 12.4 Å². The van der Waals surface area contributed by atoms with Crippen molar-refractivity contribution in [3.8, 4) is 0 Å². The number of amides is 1. The van der Waals surface area contributed by atoms with Gasteiger partial charge in [-0.05, 0) is 12.8 Å². The average molecular weight is 183 g/mol. The lowest BCUT2D eigenvalue weighted by molar-refractivity contribution is -0.120. The molecule has 1 fully saturated rings. The zero-order valence-corrected chi connectivity index (χ0v) is 8.10. The quantitative estimate of drug-likeness (QED) is 0.486. The van der Waals surface area contributed by atoms with Crippen LogP contribution in [-0.2, 0) is 4.79 Å². The first-order chi connectivity index (χ1) is 6.24. The molecule has 4 heteroatoms. The molecule has 1 amide bonds. The van der Waals surface area contributed by atoms with E-state index in [1.54, 1.807) is 0 Å². The van der Waals surface area contributed by atoms with Crippen molar-refractivity contribution in [1.82, 2.24) is 10.2 Å². The molecule has 0 aromatic rings. The van der Waals surface area contributed by atoms with E-state index in [9.17, 15) is 4.79 Å². The molecule has 0 spiro atoms. The molecule has 0 aromatic heterocycles. The van der Waals surface area contributed by atoms with Gasteiger partial charge >= 0.3 is 0 Å². The average Bonchev–Trinajstić information content (AvgIpc) is 2.30.